The summed E-state index contributed by atoms with van der Waals surface area (Å²) in [6, 6.07) is 4.26. The van der Waals surface area contributed by atoms with E-state index in [9.17, 15) is 18.0 Å². The fourth-order valence-corrected chi connectivity index (χ4v) is 6.10. The molecule has 3 aliphatic heterocycles. The first-order valence-electron chi connectivity index (χ1n) is 11.2. The molecule has 0 saturated carbocycles. The lowest BCUT2D eigenvalue weighted by molar-refractivity contribution is -0.136. The van der Waals surface area contributed by atoms with E-state index in [1.54, 1.807) is 24.0 Å². The molecule has 2 amide bonds. The summed E-state index contributed by atoms with van der Waals surface area (Å²) in [6.07, 6.45) is 4.44. The number of piperidine rings is 1. The van der Waals surface area contributed by atoms with Crippen molar-refractivity contribution >= 4 is 21.8 Å². The van der Waals surface area contributed by atoms with Gasteiger partial charge in [-0.05, 0) is 56.7 Å². The summed E-state index contributed by atoms with van der Waals surface area (Å²) >= 11 is 0. The Labute approximate surface area is 184 Å². The van der Waals surface area contributed by atoms with Gasteiger partial charge in [0.2, 0.25) is 15.9 Å². The Morgan fingerprint density at radius 2 is 1.65 bits per heavy atom. The molecule has 3 saturated heterocycles. The summed E-state index contributed by atoms with van der Waals surface area (Å²) in [5.74, 6) is -0.228. The molecule has 0 bridgehead atoms. The van der Waals surface area contributed by atoms with Gasteiger partial charge in [-0.1, -0.05) is 6.07 Å². The summed E-state index contributed by atoms with van der Waals surface area (Å²) in [7, 11) is -3.70. The fourth-order valence-electron chi connectivity index (χ4n) is 4.66. The molecule has 0 N–H and O–H groups in total. The van der Waals surface area contributed by atoms with Crippen molar-refractivity contribution in [3.05, 3.63) is 29.3 Å². The molecule has 8 nitrogen and oxygen atoms in total. The third-order valence-electron chi connectivity index (χ3n) is 6.51. The predicted octanol–water partition coefficient (Wildman–Crippen LogP) is 1.63. The van der Waals surface area contributed by atoms with Crippen LogP contribution in [-0.2, 0) is 19.6 Å². The fraction of sp³-hybridized carbons (Fsp3) is 0.636. The van der Waals surface area contributed by atoms with Crippen molar-refractivity contribution in [2.24, 2.45) is 0 Å². The van der Waals surface area contributed by atoms with Crippen molar-refractivity contribution < 1.29 is 22.7 Å². The van der Waals surface area contributed by atoms with Crippen LogP contribution in [0.3, 0.4) is 0 Å². The van der Waals surface area contributed by atoms with Gasteiger partial charge >= 0.3 is 0 Å². The Kier molecular flexibility index (Phi) is 6.64. The van der Waals surface area contributed by atoms with Gasteiger partial charge in [-0.15, -0.1) is 0 Å². The zero-order valence-electron chi connectivity index (χ0n) is 18.1. The van der Waals surface area contributed by atoms with Gasteiger partial charge in [0, 0.05) is 38.3 Å². The van der Waals surface area contributed by atoms with Crippen LogP contribution in [-0.4, -0.2) is 86.3 Å². The highest BCUT2D eigenvalue weighted by atomic mass is 32.2. The molecule has 1 aromatic carbocycles. The second-order valence-electron chi connectivity index (χ2n) is 8.54. The smallest absolute Gasteiger partial charge is 0.254 e. The normalized spacial score (nSPS) is 23.2. The van der Waals surface area contributed by atoms with Gasteiger partial charge in [-0.2, -0.15) is 4.31 Å². The predicted molar refractivity (Wildman–Crippen MR) is 115 cm³/mol. The number of morpholine rings is 1. The standard InChI is InChI=1S/C22H31N3O5S/c1-17-7-8-18(31(28,29)24-12-14-30-15-13-24)16-19(17)21(26)25-11-3-2-6-20(25)22(27)23-9-4-5-10-23/h7-8,16,20H,2-6,9-15H2,1H3. The van der Waals surface area contributed by atoms with Crippen LogP contribution in [0.2, 0.25) is 0 Å². The third kappa shape index (κ3) is 4.49. The number of nitrogens with zero attached hydrogens (tertiary/aromatic N) is 3. The zero-order valence-corrected chi connectivity index (χ0v) is 18.9. The second-order valence-corrected chi connectivity index (χ2v) is 10.5. The topological polar surface area (TPSA) is 87.2 Å². The second kappa shape index (κ2) is 9.26. The number of sulfonamides is 1. The van der Waals surface area contributed by atoms with Crippen molar-refractivity contribution in [3.63, 3.8) is 0 Å². The maximum absolute atomic E-state index is 13.5. The van der Waals surface area contributed by atoms with Crippen molar-refractivity contribution in [1.29, 1.82) is 0 Å². The molecule has 0 radical (unpaired) electrons. The molecule has 31 heavy (non-hydrogen) atoms. The highest BCUT2D eigenvalue weighted by Gasteiger charge is 2.37. The minimum absolute atomic E-state index is 0.0281. The first kappa shape index (κ1) is 22.2. The highest BCUT2D eigenvalue weighted by molar-refractivity contribution is 7.89. The number of amides is 2. The molecule has 0 aliphatic carbocycles. The maximum atomic E-state index is 13.5. The van der Waals surface area contributed by atoms with Gasteiger partial charge in [0.25, 0.3) is 5.91 Å². The van der Waals surface area contributed by atoms with E-state index >= 15 is 0 Å². The molecule has 1 aromatic rings. The Morgan fingerprint density at radius 1 is 0.968 bits per heavy atom. The van der Waals surface area contributed by atoms with Gasteiger partial charge in [-0.3, -0.25) is 9.59 Å². The lowest BCUT2D eigenvalue weighted by Gasteiger charge is -2.37. The van der Waals surface area contributed by atoms with Crippen LogP contribution in [0.5, 0.6) is 0 Å². The van der Waals surface area contributed by atoms with Crippen LogP contribution in [0.15, 0.2) is 23.1 Å². The van der Waals surface area contributed by atoms with Gasteiger partial charge in [0.1, 0.15) is 6.04 Å². The van der Waals surface area contributed by atoms with Crippen LogP contribution < -0.4 is 0 Å². The van der Waals surface area contributed by atoms with Gasteiger partial charge in [0.15, 0.2) is 0 Å². The summed E-state index contributed by atoms with van der Waals surface area (Å²) in [6.45, 7) is 5.17. The number of ether oxygens (including phenoxy) is 1. The van der Waals surface area contributed by atoms with Crippen LogP contribution in [0.1, 0.15) is 48.0 Å². The summed E-state index contributed by atoms with van der Waals surface area (Å²) in [5, 5.41) is 0. The molecule has 170 valence electrons. The zero-order chi connectivity index (χ0) is 22.0. The molecule has 3 heterocycles. The summed E-state index contributed by atoms with van der Waals surface area (Å²) in [5.41, 5.74) is 1.07. The van der Waals surface area contributed by atoms with E-state index in [1.807, 2.05) is 4.90 Å². The Balaban J connectivity index is 1.61. The molecule has 3 fully saturated rings. The lowest BCUT2D eigenvalue weighted by Crippen LogP contribution is -2.52. The monoisotopic (exact) mass is 449 g/mol. The number of hydrogen-bond donors (Lipinski definition) is 0. The number of aryl methyl sites for hydroxylation is 1. The number of carbonyl (C=O) groups is 2. The van der Waals surface area contributed by atoms with E-state index in [-0.39, 0.29) is 16.7 Å². The lowest BCUT2D eigenvalue weighted by atomic mass is 9.98. The molecular weight excluding hydrogens is 418 g/mol. The minimum Gasteiger partial charge on any atom is -0.379 e. The van der Waals surface area contributed by atoms with Crippen molar-refractivity contribution in [2.45, 2.75) is 50.0 Å². The molecule has 1 atom stereocenters. The number of hydrogen-bond acceptors (Lipinski definition) is 5. The molecule has 0 spiro atoms. The highest BCUT2D eigenvalue weighted by Crippen LogP contribution is 2.26. The first-order valence-corrected chi connectivity index (χ1v) is 12.6. The van der Waals surface area contributed by atoms with Crippen molar-refractivity contribution in [2.75, 3.05) is 45.9 Å². The third-order valence-corrected chi connectivity index (χ3v) is 8.41. The van der Waals surface area contributed by atoms with Gasteiger partial charge < -0.3 is 14.5 Å². The number of likely N-dealkylation sites (tertiary alicyclic amines) is 2. The quantitative estimate of drug-likeness (QED) is 0.697. The van der Waals surface area contributed by atoms with Crippen LogP contribution in [0.25, 0.3) is 0 Å². The average molecular weight is 450 g/mol. The SMILES string of the molecule is Cc1ccc(S(=O)(=O)N2CCOCC2)cc1C(=O)N1CCCCC1C(=O)N1CCCC1. The van der Waals surface area contributed by atoms with E-state index in [0.717, 1.165) is 38.8 Å². The first-order chi connectivity index (χ1) is 14.9. The summed E-state index contributed by atoms with van der Waals surface area (Å²) < 4.78 is 32.8. The van der Waals surface area contributed by atoms with E-state index in [0.29, 0.717) is 50.4 Å². The van der Waals surface area contributed by atoms with E-state index in [4.69, 9.17) is 4.74 Å². The Bertz CT molecular complexity index is 936. The van der Waals surface area contributed by atoms with E-state index < -0.39 is 16.1 Å². The van der Waals surface area contributed by atoms with E-state index in [1.165, 1.54) is 10.4 Å². The Hall–Kier alpha value is -1.97. The van der Waals surface area contributed by atoms with Gasteiger partial charge in [0.05, 0.1) is 18.1 Å². The minimum atomic E-state index is -3.70. The largest absolute Gasteiger partial charge is 0.379 e. The van der Waals surface area contributed by atoms with Crippen LogP contribution in [0.4, 0.5) is 0 Å². The maximum Gasteiger partial charge on any atom is 0.254 e. The molecule has 4 rings (SSSR count). The molecule has 0 aromatic heterocycles. The van der Waals surface area contributed by atoms with Crippen molar-refractivity contribution in [1.82, 2.24) is 14.1 Å². The molecule has 3 aliphatic rings. The molecule has 1 unspecified atom stereocenters. The van der Waals surface area contributed by atoms with Gasteiger partial charge in [-0.25, -0.2) is 8.42 Å². The summed E-state index contributed by atoms with van der Waals surface area (Å²) in [4.78, 5) is 30.3. The molecule has 9 heteroatoms. The van der Waals surface area contributed by atoms with Crippen LogP contribution >= 0.6 is 0 Å². The van der Waals surface area contributed by atoms with E-state index in [2.05, 4.69) is 0 Å². The van der Waals surface area contributed by atoms with Crippen molar-refractivity contribution in [3.8, 4) is 0 Å². The molecular formula is C22H31N3O5S. The number of benzene rings is 1. The Morgan fingerprint density at radius 3 is 2.35 bits per heavy atom. The number of rotatable bonds is 4. The van der Waals surface area contributed by atoms with Crippen LogP contribution in [0, 0.1) is 6.92 Å². The average Bonchev–Trinajstić information content (AvgIpc) is 3.34. The number of carbonyl (C=O) groups excluding carboxylic acids is 2.